The van der Waals surface area contributed by atoms with E-state index in [1.165, 1.54) is 49.8 Å². The molecule has 0 aliphatic heterocycles. The lowest BCUT2D eigenvalue weighted by atomic mass is 9.74. The second-order valence-electron chi connectivity index (χ2n) is 5.64. The summed E-state index contributed by atoms with van der Waals surface area (Å²) >= 11 is 0. The van der Waals surface area contributed by atoms with Crippen LogP contribution in [-0.2, 0) is 6.42 Å². The number of hydrogen-bond donors (Lipinski definition) is 1. The predicted octanol–water partition coefficient (Wildman–Crippen LogP) is 2.88. The summed E-state index contributed by atoms with van der Waals surface area (Å²) in [4.78, 5) is 4.67. The molecule has 2 N–H and O–H groups in total. The maximum atomic E-state index is 5.93. The lowest BCUT2D eigenvalue weighted by Gasteiger charge is -2.32. The summed E-state index contributed by atoms with van der Waals surface area (Å²) in [5, 5.41) is 0. The topological polar surface area (TPSA) is 38.9 Å². The molecule has 3 unspecified atom stereocenters. The fourth-order valence-corrected chi connectivity index (χ4v) is 3.95. The first-order chi connectivity index (χ1) is 8.40. The van der Waals surface area contributed by atoms with Crippen molar-refractivity contribution < 1.29 is 0 Å². The van der Waals surface area contributed by atoms with Crippen molar-refractivity contribution in [3.05, 3.63) is 29.6 Å². The molecule has 2 aliphatic carbocycles. The van der Waals surface area contributed by atoms with Crippen molar-refractivity contribution >= 4 is 0 Å². The highest BCUT2D eigenvalue weighted by molar-refractivity contribution is 5.27. The molecule has 0 bridgehead atoms. The zero-order valence-corrected chi connectivity index (χ0v) is 10.4. The van der Waals surface area contributed by atoms with Gasteiger partial charge in [-0.2, -0.15) is 0 Å². The summed E-state index contributed by atoms with van der Waals surface area (Å²) in [6, 6.07) is 4.34. The molecular formula is C15H22N2. The number of rotatable bonds is 2. The molecule has 2 heteroatoms. The Morgan fingerprint density at radius 1 is 1.24 bits per heavy atom. The van der Waals surface area contributed by atoms with Crippen molar-refractivity contribution in [2.75, 3.05) is 6.54 Å². The van der Waals surface area contributed by atoms with Gasteiger partial charge in [0.2, 0.25) is 0 Å². The maximum Gasteiger partial charge on any atom is 0.0469 e. The van der Waals surface area contributed by atoms with Crippen LogP contribution in [0, 0.1) is 11.8 Å². The zero-order chi connectivity index (χ0) is 11.7. The molecule has 0 saturated heterocycles. The van der Waals surface area contributed by atoms with Gasteiger partial charge in [-0.25, -0.2) is 0 Å². The first kappa shape index (κ1) is 11.2. The molecular weight excluding hydrogens is 208 g/mol. The SMILES string of the molecule is NCC1CCCC1C1CCCc2cccnc21. The van der Waals surface area contributed by atoms with E-state index in [1.54, 1.807) is 0 Å². The number of fused-ring (bicyclic) bond motifs is 1. The van der Waals surface area contributed by atoms with Gasteiger partial charge in [-0.15, -0.1) is 0 Å². The van der Waals surface area contributed by atoms with Crippen LogP contribution in [0.15, 0.2) is 18.3 Å². The highest BCUT2D eigenvalue weighted by atomic mass is 14.7. The summed E-state index contributed by atoms with van der Waals surface area (Å²) in [5.74, 6) is 2.23. The Kier molecular flexibility index (Phi) is 3.15. The van der Waals surface area contributed by atoms with Gasteiger partial charge < -0.3 is 5.73 Å². The van der Waals surface area contributed by atoms with Gasteiger partial charge in [0.1, 0.15) is 0 Å². The summed E-state index contributed by atoms with van der Waals surface area (Å²) in [6.45, 7) is 0.864. The quantitative estimate of drug-likeness (QED) is 0.848. The van der Waals surface area contributed by atoms with Gasteiger partial charge in [0.25, 0.3) is 0 Å². The molecule has 0 amide bonds. The fourth-order valence-electron chi connectivity index (χ4n) is 3.95. The van der Waals surface area contributed by atoms with Gasteiger partial charge in [-0.05, 0) is 62.1 Å². The van der Waals surface area contributed by atoms with Crippen molar-refractivity contribution in [2.45, 2.75) is 44.4 Å². The van der Waals surface area contributed by atoms with E-state index in [4.69, 9.17) is 5.73 Å². The molecule has 17 heavy (non-hydrogen) atoms. The van der Waals surface area contributed by atoms with Crippen molar-refractivity contribution in [1.29, 1.82) is 0 Å². The normalized spacial score (nSPS) is 32.4. The zero-order valence-electron chi connectivity index (χ0n) is 10.4. The third-order valence-electron chi connectivity index (χ3n) is 4.78. The molecule has 1 fully saturated rings. The van der Waals surface area contributed by atoms with E-state index in [0.717, 1.165) is 18.4 Å². The Labute approximate surface area is 104 Å². The lowest BCUT2D eigenvalue weighted by Crippen LogP contribution is -2.27. The van der Waals surface area contributed by atoms with Crippen LogP contribution in [0.25, 0.3) is 0 Å². The minimum absolute atomic E-state index is 0.691. The van der Waals surface area contributed by atoms with E-state index in [-0.39, 0.29) is 0 Å². The van der Waals surface area contributed by atoms with Gasteiger partial charge in [0.15, 0.2) is 0 Å². The van der Waals surface area contributed by atoms with Crippen LogP contribution in [-0.4, -0.2) is 11.5 Å². The molecule has 0 aromatic carbocycles. The number of pyridine rings is 1. The lowest BCUT2D eigenvalue weighted by molar-refractivity contribution is 0.299. The number of nitrogens with two attached hydrogens (primary N) is 1. The van der Waals surface area contributed by atoms with Crippen molar-refractivity contribution in [2.24, 2.45) is 17.6 Å². The van der Waals surface area contributed by atoms with Crippen LogP contribution in [0.2, 0.25) is 0 Å². The standard InChI is InChI=1S/C15H22N2/c16-10-12-5-2-7-13(12)14-8-1-4-11-6-3-9-17-15(11)14/h3,6,9,12-14H,1-2,4-5,7-8,10,16H2. The third kappa shape index (κ3) is 1.99. The maximum absolute atomic E-state index is 5.93. The minimum Gasteiger partial charge on any atom is -0.330 e. The van der Waals surface area contributed by atoms with Crippen LogP contribution in [0.3, 0.4) is 0 Å². The Morgan fingerprint density at radius 2 is 2.18 bits per heavy atom. The van der Waals surface area contributed by atoms with Crippen LogP contribution < -0.4 is 5.73 Å². The van der Waals surface area contributed by atoms with Gasteiger partial charge in [-0.3, -0.25) is 4.98 Å². The summed E-state index contributed by atoms with van der Waals surface area (Å²) < 4.78 is 0. The van der Waals surface area contributed by atoms with Crippen LogP contribution in [0.4, 0.5) is 0 Å². The minimum atomic E-state index is 0.691. The highest BCUT2D eigenvalue weighted by Crippen LogP contribution is 2.45. The third-order valence-corrected chi connectivity index (χ3v) is 4.78. The van der Waals surface area contributed by atoms with Crippen LogP contribution in [0.1, 0.15) is 49.3 Å². The van der Waals surface area contributed by atoms with E-state index in [0.29, 0.717) is 5.92 Å². The molecule has 1 aromatic heterocycles. The van der Waals surface area contributed by atoms with Crippen LogP contribution >= 0.6 is 0 Å². The van der Waals surface area contributed by atoms with E-state index < -0.39 is 0 Å². The Morgan fingerprint density at radius 3 is 3.06 bits per heavy atom. The van der Waals surface area contributed by atoms with Gasteiger partial charge in [0, 0.05) is 17.8 Å². The smallest absolute Gasteiger partial charge is 0.0469 e. The molecule has 3 rings (SSSR count). The molecule has 1 aromatic rings. The monoisotopic (exact) mass is 230 g/mol. The number of aromatic nitrogens is 1. The molecule has 1 heterocycles. The summed E-state index contributed by atoms with van der Waals surface area (Å²) in [5.41, 5.74) is 8.82. The Balaban J connectivity index is 1.89. The molecule has 2 aliphatic rings. The van der Waals surface area contributed by atoms with Crippen LogP contribution in [0.5, 0.6) is 0 Å². The summed E-state index contributed by atoms with van der Waals surface area (Å²) in [7, 11) is 0. The molecule has 2 nitrogen and oxygen atoms in total. The molecule has 1 saturated carbocycles. The number of hydrogen-bond acceptors (Lipinski definition) is 2. The first-order valence-electron chi connectivity index (χ1n) is 7.04. The molecule has 3 atom stereocenters. The van der Waals surface area contributed by atoms with Crippen molar-refractivity contribution in [3.8, 4) is 0 Å². The van der Waals surface area contributed by atoms with Gasteiger partial charge in [0.05, 0.1) is 0 Å². The number of nitrogens with zero attached hydrogens (tertiary/aromatic N) is 1. The summed E-state index contributed by atoms with van der Waals surface area (Å²) in [6.07, 6.45) is 9.90. The fraction of sp³-hybridized carbons (Fsp3) is 0.667. The molecule has 92 valence electrons. The second kappa shape index (κ2) is 4.77. The Bertz CT molecular complexity index is 388. The number of aryl methyl sites for hydroxylation is 1. The van der Waals surface area contributed by atoms with Gasteiger partial charge >= 0.3 is 0 Å². The highest BCUT2D eigenvalue weighted by Gasteiger charge is 2.36. The second-order valence-corrected chi connectivity index (χ2v) is 5.64. The molecule has 0 radical (unpaired) electrons. The van der Waals surface area contributed by atoms with Crippen molar-refractivity contribution in [3.63, 3.8) is 0 Å². The van der Waals surface area contributed by atoms with E-state index in [2.05, 4.69) is 17.1 Å². The first-order valence-corrected chi connectivity index (χ1v) is 7.04. The largest absolute Gasteiger partial charge is 0.330 e. The predicted molar refractivity (Wildman–Crippen MR) is 69.8 cm³/mol. The molecule has 0 spiro atoms. The Hall–Kier alpha value is -0.890. The average molecular weight is 230 g/mol. The van der Waals surface area contributed by atoms with E-state index in [9.17, 15) is 0 Å². The van der Waals surface area contributed by atoms with E-state index in [1.807, 2.05) is 6.20 Å². The van der Waals surface area contributed by atoms with Gasteiger partial charge in [-0.1, -0.05) is 12.5 Å². The van der Waals surface area contributed by atoms with Crippen molar-refractivity contribution in [1.82, 2.24) is 4.98 Å². The van der Waals surface area contributed by atoms with E-state index >= 15 is 0 Å². The average Bonchev–Trinajstić information content (AvgIpc) is 2.86.